The molecule has 1 aromatic heterocycles. The van der Waals surface area contributed by atoms with Crippen LogP contribution in [0.3, 0.4) is 0 Å². The van der Waals surface area contributed by atoms with E-state index < -0.39 is 23.4 Å². The van der Waals surface area contributed by atoms with Crippen molar-refractivity contribution in [2.45, 2.75) is 37.9 Å². The van der Waals surface area contributed by atoms with E-state index in [1.165, 1.54) is 12.0 Å². The molecule has 8 nitrogen and oxygen atoms in total. The molecule has 0 saturated heterocycles. The number of nitrogens with two attached hydrogens (primary N) is 1. The van der Waals surface area contributed by atoms with Gasteiger partial charge in [-0.05, 0) is 37.7 Å². The summed E-state index contributed by atoms with van der Waals surface area (Å²) in [5.41, 5.74) is 4.33. The molecule has 1 aliphatic heterocycles. The van der Waals surface area contributed by atoms with E-state index in [4.69, 9.17) is 10.5 Å². The second-order valence-electron chi connectivity index (χ2n) is 8.07. The highest BCUT2D eigenvalue weighted by Crippen LogP contribution is 2.37. The molecule has 0 spiro atoms. The van der Waals surface area contributed by atoms with Crippen LogP contribution in [0.15, 0.2) is 35.1 Å². The molecule has 11 heteroatoms. The lowest BCUT2D eigenvalue weighted by Crippen LogP contribution is -2.37. The Labute approximate surface area is 182 Å². The molecule has 4 rings (SSSR count). The summed E-state index contributed by atoms with van der Waals surface area (Å²) >= 11 is 0. The molecule has 0 radical (unpaired) electrons. The Balaban J connectivity index is 1.67. The van der Waals surface area contributed by atoms with Gasteiger partial charge in [-0.1, -0.05) is 0 Å². The third kappa shape index (κ3) is 4.16. The number of carbonyl (C=O) groups is 1. The number of aliphatic imine (C=N–C) groups is 1. The van der Waals surface area contributed by atoms with Gasteiger partial charge in [0, 0.05) is 30.5 Å². The first-order valence-electron chi connectivity index (χ1n) is 10.3. The average molecular weight is 451 g/mol. The van der Waals surface area contributed by atoms with Gasteiger partial charge in [0.25, 0.3) is 5.91 Å². The Hall–Kier alpha value is -3.08. The molecule has 32 heavy (non-hydrogen) atoms. The van der Waals surface area contributed by atoms with E-state index in [1.54, 1.807) is 12.1 Å². The van der Waals surface area contributed by atoms with Crippen LogP contribution in [0.5, 0.6) is 5.75 Å². The molecule has 1 aromatic carbocycles. The van der Waals surface area contributed by atoms with E-state index in [0.717, 1.165) is 37.3 Å². The lowest BCUT2D eigenvalue weighted by Gasteiger charge is -2.27. The highest BCUT2D eigenvalue weighted by atomic mass is 19.4. The molecule has 2 heterocycles. The quantitative estimate of drug-likeness (QED) is 0.727. The Bertz CT molecular complexity index is 1080. The number of rotatable bonds is 5. The molecular formula is C21H24F3N5O3. The number of anilines is 1. The number of aliphatic hydroxyl groups is 1. The van der Waals surface area contributed by atoms with Crippen molar-refractivity contribution in [3.8, 4) is 5.75 Å². The largest absolute Gasteiger partial charge is 0.494 e. The van der Waals surface area contributed by atoms with Crippen molar-refractivity contribution in [1.82, 2.24) is 9.78 Å². The number of halogens is 3. The first kappa shape index (κ1) is 22.1. The number of carbonyl (C=O) groups excluding carboxylic acids is 1. The monoisotopic (exact) mass is 451 g/mol. The smallest absolute Gasteiger partial charge is 0.433 e. The fourth-order valence-electron chi connectivity index (χ4n) is 4.28. The van der Waals surface area contributed by atoms with Crippen molar-refractivity contribution in [1.29, 1.82) is 0 Å². The lowest BCUT2D eigenvalue weighted by molar-refractivity contribution is -0.114. The molecule has 1 fully saturated rings. The number of primary amides is 1. The molecule has 2 aromatic rings. The van der Waals surface area contributed by atoms with Crippen molar-refractivity contribution < 1.29 is 27.8 Å². The third-order valence-corrected chi connectivity index (χ3v) is 6.04. The summed E-state index contributed by atoms with van der Waals surface area (Å²) in [6.07, 6.45) is 1.86. The molecule has 1 saturated carbocycles. The Morgan fingerprint density at radius 3 is 2.59 bits per heavy atom. The summed E-state index contributed by atoms with van der Waals surface area (Å²) in [4.78, 5) is 16.6. The fraction of sp³-hybridized carbons (Fsp3) is 0.476. The third-order valence-electron chi connectivity index (χ3n) is 6.04. The summed E-state index contributed by atoms with van der Waals surface area (Å²) in [7, 11) is 1.45. The second-order valence-corrected chi connectivity index (χ2v) is 8.07. The molecule has 0 bridgehead atoms. The summed E-state index contributed by atoms with van der Waals surface area (Å²) in [6.45, 7) is -0.143. The zero-order chi connectivity index (χ0) is 23.0. The number of methoxy groups -OCH3 is 1. The first-order chi connectivity index (χ1) is 15.2. The zero-order valence-electron chi connectivity index (χ0n) is 17.5. The molecular weight excluding hydrogens is 427 g/mol. The predicted octanol–water partition coefficient (Wildman–Crippen LogP) is 2.92. The van der Waals surface area contributed by atoms with Crippen molar-refractivity contribution in [3.05, 3.63) is 30.1 Å². The number of aromatic nitrogens is 2. The molecule has 1 amide bonds. The minimum Gasteiger partial charge on any atom is -0.494 e. The van der Waals surface area contributed by atoms with Gasteiger partial charge in [0.2, 0.25) is 0 Å². The maximum Gasteiger partial charge on any atom is 0.433 e. The van der Waals surface area contributed by atoms with E-state index >= 15 is 0 Å². The minimum absolute atomic E-state index is 0.198. The van der Waals surface area contributed by atoms with E-state index in [-0.39, 0.29) is 19.3 Å². The van der Waals surface area contributed by atoms with Crippen molar-refractivity contribution >= 4 is 28.2 Å². The number of benzene rings is 1. The van der Waals surface area contributed by atoms with Gasteiger partial charge in [0.05, 0.1) is 29.9 Å². The summed E-state index contributed by atoms with van der Waals surface area (Å²) in [6, 6.07) is 3.68. The molecule has 2 aliphatic rings. The maximum atomic E-state index is 13.2. The lowest BCUT2D eigenvalue weighted by atomic mass is 9.87. The van der Waals surface area contributed by atoms with E-state index in [0.29, 0.717) is 22.9 Å². The zero-order valence-corrected chi connectivity index (χ0v) is 17.5. The first-order valence-corrected chi connectivity index (χ1v) is 10.3. The van der Waals surface area contributed by atoms with Crippen LogP contribution in [0.4, 0.5) is 18.9 Å². The van der Waals surface area contributed by atoms with Crippen LogP contribution in [-0.2, 0) is 4.79 Å². The number of nitrogens with zero attached hydrogens (tertiary/aromatic N) is 4. The maximum absolute atomic E-state index is 13.2. The number of aliphatic hydroxyl groups excluding tert-OH is 1. The van der Waals surface area contributed by atoms with Crippen LogP contribution in [0.1, 0.15) is 31.7 Å². The highest BCUT2D eigenvalue weighted by molar-refractivity contribution is 6.23. The van der Waals surface area contributed by atoms with Crippen molar-refractivity contribution in [2.24, 2.45) is 16.6 Å². The number of fused-ring (bicyclic) bond motifs is 1. The topological polar surface area (TPSA) is 106 Å². The summed E-state index contributed by atoms with van der Waals surface area (Å²) in [5, 5.41) is 14.8. The van der Waals surface area contributed by atoms with Gasteiger partial charge in [0.1, 0.15) is 12.4 Å². The van der Waals surface area contributed by atoms with E-state index in [9.17, 15) is 23.1 Å². The van der Waals surface area contributed by atoms with Crippen molar-refractivity contribution in [2.75, 3.05) is 25.3 Å². The van der Waals surface area contributed by atoms with Gasteiger partial charge in [-0.25, -0.2) is 0 Å². The minimum atomic E-state index is -4.78. The highest BCUT2D eigenvalue weighted by Gasteiger charge is 2.41. The number of hydrogen-bond acceptors (Lipinski definition) is 6. The number of ether oxygens (including phenoxy) is 1. The van der Waals surface area contributed by atoms with Crippen LogP contribution in [0.2, 0.25) is 0 Å². The Morgan fingerprint density at radius 1 is 1.28 bits per heavy atom. The number of hydrogen-bond donors (Lipinski definition) is 2. The van der Waals surface area contributed by atoms with Gasteiger partial charge in [-0.15, -0.1) is 0 Å². The van der Waals surface area contributed by atoms with Crippen LogP contribution in [-0.4, -0.2) is 53.1 Å². The number of amides is 1. The summed E-state index contributed by atoms with van der Waals surface area (Å²) < 4.78 is 47.0. The molecule has 0 unspecified atom stereocenters. The fourth-order valence-corrected chi connectivity index (χ4v) is 4.28. The summed E-state index contributed by atoms with van der Waals surface area (Å²) in [5.74, 6) is -0.495. The second kappa shape index (κ2) is 8.45. The van der Waals surface area contributed by atoms with Gasteiger partial charge in [-0.2, -0.15) is 18.3 Å². The predicted molar refractivity (Wildman–Crippen MR) is 112 cm³/mol. The SMILES string of the molecule is COc1cc2nn(C3CCC(CO)CC3)cc2cc1N1C=C(C(N)=O)C(C(F)(F)F)=NC1. The molecule has 1 aliphatic carbocycles. The Kier molecular flexibility index (Phi) is 5.85. The van der Waals surface area contributed by atoms with Crippen LogP contribution >= 0.6 is 0 Å². The standard InChI is InChI=1S/C21H24F3N5O3/c1-32-18-7-16-13(8-29(27-16)14-4-2-12(10-30)3-5-14)6-17(18)28-9-15(20(25)31)19(26-11-28)21(22,23)24/h6-9,12,14,30H,2-5,10-11H2,1H3,(H2,25,31). The Morgan fingerprint density at radius 2 is 2.00 bits per heavy atom. The van der Waals surface area contributed by atoms with Crippen LogP contribution in [0.25, 0.3) is 10.9 Å². The van der Waals surface area contributed by atoms with Crippen LogP contribution in [0, 0.1) is 5.92 Å². The van der Waals surface area contributed by atoms with E-state index in [1.807, 2.05) is 10.9 Å². The normalized spacial score (nSPS) is 22.0. The van der Waals surface area contributed by atoms with E-state index in [2.05, 4.69) is 10.1 Å². The average Bonchev–Trinajstić information content (AvgIpc) is 3.20. The number of alkyl halides is 3. The van der Waals surface area contributed by atoms with Gasteiger partial charge >= 0.3 is 6.18 Å². The molecule has 0 atom stereocenters. The van der Waals surface area contributed by atoms with Crippen LogP contribution < -0.4 is 15.4 Å². The van der Waals surface area contributed by atoms with Gasteiger partial charge < -0.3 is 20.5 Å². The molecule has 172 valence electrons. The van der Waals surface area contributed by atoms with Crippen molar-refractivity contribution in [3.63, 3.8) is 0 Å². The van der Waals surface area contributed by atoms with Gasteiger partial charge in [-0.3, -0.25) is 14.5 Å². The van der Waals surface area contributed by atoms with Gasteiger partial charge in [0.15, 0.2) is 5.71 Å². The molecule has 3 N–H and O–H groups in total.